The summed E-state index contributed by atoms with van der Waals surface area (Å²) in [7, 11) is 0. The average molecular weight is 456 g/mol. The molecule has 1 N–H and O–H groups in total. The molecule has 2 aromatic rings. The molecule has 1 saturated heterocycles. The van der Waals surface area contributed by atoms with Gasteiger partial charge in [0.2, 0.25) is 0 Å². The minimum Gasteiger partial charge on any atom is -0.479 e. The van der Waals surface area contributed by atoms with Crippen molar-refractivity contribution in [2.45, 2.75) is 45.6 Å². The Morgan fingerprint density at radius 2 is 1.84 bits per heavy atom. The summed E-state index contributed by atoms with van der Waals surface area (Å²) in [5.74, 6) is -0.663. The lowest BCUT2D eigenvalue weighted by Crippen LogP contribution is -2.27. The van der Waals surface area contributed by atoms with Crippen molar-refractivity contribution in [3.63, 3.8) is 0 Å². The zero-order valence-electron chi connectivity index (χ0n) is 17.5. The fraction of sp³-hybridized carbons (Fsp3) is 0.292. The Labute approximate surface area is 192 Å². The zero-order valence-corrected chi connectivity index (χ0v) is 19.2. The molecule has 162 valence electrons. The van der Waals surface area contributed by atoms with Crippen LogP contribution in [0.25, 0.3) is 6.08 Å². The predicted molar refractivity (Wildman–Crippen MR) is 129 cm³/mol. The first-order valence-electron chi connectivity index (χ1n) is 10.3. The van der Waals surface area contributed by atoms with Crippen LogP contribution in [-0.2, 0) is 16.0 Å². The number of anilines is 1. The lowest BCUT2D eigenvalue weighted by molar-refractivity contribution is -0.145. The predicted octanol–water partition coefficient (Wildman–Crippen LogP) is 5.68. The number of hydrogen-bond acceptors (Lipinski definition) is 5. The molecule has 0 saturated carbocycles. The molecule has 3 rings (SSSR count). The van der Waals surface area contributed by atoms with Gasteiger partial charge in [-0.05, 0) is 60.7 Å². The number of carbonyl (C=O) groups is 2. The number of ether oxygens (including phenoxy) is 1. The second-order valence-electron chi connectivity index (χ2n) is 7.21. The molecule has 0 aliphatic carbocycles. The summed E-state index contributed by atoms with van der Waals surface area (Å²) in [5, 5.41) is 9.11. The van der Waals surface area contributed by atoms with Crippen LogP contribution in [0.15, 0.2) is 53.4 Å². The number of hydrogen-bond donors (Lipinski definition) is 1. The average Bonchev–Trinajstić information content (AvgIpc) is 3.04. The fourth-order valence-corrected chi connectivity index (χ4v) is 4.45. The summed E-state index contributed by atoms with van der Waals surface area (Å²) in [6, 6.07) is 15.0. The number of benzene rings is 2. The standard InChI is InChI=1S/C24H25NO4S2/c1-3-5-6-16-7-11-18(12-8-16)25-22(26)21(31-24(25)30)15-17-9-13-19(14-10-17)29-20(4-2)23(27)28/h7-15,20H,3-6H2,1-2H3,(H,27,28)/b21-15+. The van der Waals surface area contributed by atoms with Crippen LogP contribution in [0.4, 0.5) is 5.69 Å². The molecule has 1 aliphatic rings. The maximum absolute atomic E-state index is 13.0. The van der Waals surface area contributed by atoms with Gasteiger partial charge in [-0.1, -0.05) is 68.5 Å². The maximum Gasteiger partial charge on any atom is 0.344 e. The van der Waals surface area contributed by atoms with E-state index in [4.69, 9.17) is 22.1 Å². The van der Waals surface area contributed by atoms with Crippen LogP contribution < -0.4 is 9.64 Å². The molecule has 1 aliphatic heterocycles. The Balaban J connectivity index is 1.72. The lowest BCUT2D eigenvalue weighted by atomic mass is 10.1. The molecule has 1 fully saturated rings. The number of carboxylic acid groups (broad SMARTS) is 1. The monoisotopic (exact) mass is 455 g/mol. The van der Waals surface area contributed by atoms with Crippen molar-refractivity contribution < 1.29 is 19.4 Å². The van der Waals surface area contributed by atoms with Gasteiger partial charge in [-0.3, -0.25) is 9.69 Å². The minimum atomic E-state index is -0.992. The van der Waals surface area contributed by atoms with Gasteiger partial charge in [0.25, 0.3) is 5.91 Å². The lowest BCUT2D eigenvalue weighted by Gasteiger charge is -2.15. The first kappa shape index (κ1) is 23.0. The van der Waals surface area contributed by atoms with Gasteiger partial charge < -0.3 is 9.84 Å². The van der Waals surface area contributed by atoms with E-state index in [0.717, 1.165) is 30.5 Å². The smallest absolute Gasteiger partial charge is 0.344 e. The number of carboxylic acids is 1. The molecule has 5 nitrogen and oxygen atoms in total. The second-order valence-corrected chi connectivity index (χ2v) is 8.88. The van der Waals surface area contributed by atoms with Crippen LogP contribution in [0, 0.1) is 0 Å². The normalized spacial score (nSPS) is 16.1. The summed E-state index contributed by atoms with van der Waals surface area (Å²) in [6.07, 6.45) is 4.60. The molecular weight excluding hydrogens is 430 g/mol. The number of carbonyl (C=O) groups excluding carboxylic acids is 1. The van der Waals surface area contributed by atoms with Gasteiger partial charge in [-0.15, -0.1) is 0 Å². The quantitative estimate of drug-likeness (QED) is 0.388. The van der Waals surface area contributed by atoms with Gasteiger partial charge in [0, 0.05) is 0 Å². The van der Waals surface area contributed by atoms with Crippen LogP contribution in [0.3, 0.4) is 0 Å². The summed E-state index contributed by atoms with van der Waals surface area (Å²) >= 11 is 6.73. The summed E-state index contributed by atoms with van der Waals surface area (Å²) in [4.78, 5) is 26.2. The van der Waals surface area contributed by atoms with Crippen molar-refractivity contribution in [2.24, 2.45) is 0 Å². The van der Waals surface area contributed by atoms with Crippen LogP contribution in [0.2, 0.25) is 0 Å². The highest BCUT2D eigenvalue weighted by Gasteiger charge is 2.33. The van der Waals surface area contributed by atoms with Gasteiger partial charge in [0.05, 0.1) is 10.6 Å². The van der Waals surface area contributed by atoms with Crippen molar-refractivity contribution in [3.8, 4) is 5.75 Å². The molecule has 1 heterocycles. The van der Waals surface area contributed by atoms with Gasteiger partial charge in [0.1, 0.15) is 5.75 Å². The SMILES string of the molecule is CCCCc1ccc(N2C(=O)/C(=C\c3ccc(OC(CC)C(=O)O)cc3)SC2=S)cc1. The molecule has 31 heavy (non-hydrogen) atoms. The van der Waals surface area contributed by atoms with E-state index in [1.54, 1.807) is 42.2 Å². The molecule has 0 aromatic heterocycles. The molecule has 2 aromatic carbocycles. The Morgan fingerprint density at radius 1 is 1.16 bits per heavy atom. The van der Waals surface area contributed by atoms with Crippen molar-refractivity contribution in [1.29, 1.82) is 0 Å². The fourth-order valence-electron chi connectivity index (χ4n) is 3.15. The Kier molecular flexibility index (Phi) is 7.87. The van der Waals surface area contributed by atoms with Crippen molar-refractivity contribution in [3.05, 3.63) is 64.6 Å². The van der Waals surface area contributed by atoms with Crippen molar-refractivity contribution >= 4 is 51.9 Å². The number of amides is 1. The Bertz CT molecular complexity index is 984. The van der Waals surface area contributed by atoms with Crippen LogP contribution in [-0.4, -0.2) is 27.4 Å². The van der Waals surface area contributed by atoms with Crippen LogP contribution >= 0.6 is 24.0 Å². The van der Waals surface area contributed by atoms with E-state index >= 15 is 0 Å². The van der Waals surface area contributed by atoms with Crippen LogP contribution in [0.5, 0.6) is 5.75 Å². The van der Waals surface area contributed by atoms with E-state index in [1.165, 1.54) is 17.3 Å². The van der Waals surface area contributed by atoms with Crippen molar-refractivity contribution in [2.75, 3.05) is 4.90 Å². The van der Waals surface area contributed by atoms with E-state index in [9.17, 15) is 9.59 Å². The molecule has 1 unspecified atom stereocenters. The third-order valence-corrected chi connectivity index (χ3v) is 6.21. The molecule has 0 radical (unpaired) electrons. The number of nitrogens with zero attached hydrogens (tertiary/aromatic N) is 1. The summed E-state index contributed by atoms with van der Waals surface area (Å²) in [5.41, 5.74) is 2.84. The number of thioether (sulfide) groups is 1. The number of rotatable bonds is 9. The first-order valence-corrected chi connectivity index (χ1v) is 11.5. The summed E-state index contributed by atoms with van der Waals surface area (Å²) < 4.78 is 5.98. The Hall–Kier alpha value is -2.64. The third-order valence-electron chi connectivity index (χ3n) is 4.91. The van der Waals surface area contributed by atoms with Crippen molar-refractivity contribution in [1.82, 2.24) is 0 Å². The van der Waals surface area contributed by atoms with Gasteiger partial charge in [-0.25, -0.2) is 4.79 Å². The van der Waals surface area contributed by atoms with Crippen LogP contribution in [0.1, 0.15) is 44.2 Å². The van der Waals surface area contributed by atoms with E-state index in [-0.39, 0.29) is 5.91 Å². The molecule has 0 bridgehead atoms. The molecule has 0 spiro atoms. The largest absolute Gasteiger partial charge is 0.479 e. The number of unbranched alkanes of at least 4 members (excludes halogenated alkanes) is 1. The van der Waals surface area contributed by atoms with E-state index in [1.807, 2.05) is 24.3 Å². The summed E-state index contributed by atoms with van der Waals surface area (Å²) in [6.45, 7) is 3.92. The first-order chi connectivity index (χ1) is 14.9. The third kappa shape index (κ3) is 5.74. The highest BCUT2D eigenvalue weighted by Crippen LogP contribution is 2.36. The van der Waals surface area contributed by atoms with E-state index < -0.39 is 12.1 Å². The van der Waals surface area contributed by atoms with E-state index in [0.29, 0.717) is 21.4 Å². The van der Waals surface area contributed by atoms with Gasteiger partial charge >= 0.3 is 5.97 Å². The van der Waals surface area contributed by atoms with E-state index in [2.05, 4.69) is 6.92 Å². The number of aliphatic carboxylic acids is 1. The molecule has 7 heteroatoms. The highest BCUT2D eigenvalue weighted by atomic mass is 32.2. The Morgan fingerprint density at radius 3 is 2.42 bits per heavy atom. The molecule has 1 atom stereocenters. The molecular formula is C24H25NO4S2. The minimum absolute atomic E-state index is 0.145. The second kappa shape index (κ2) is 10.6. The molecule has 1 amide bonds. The zero-order chi connectivity index (χ0) is 22.4. The van der Waals surface area contributed by atoms with Gasteiger partial charge in [0.15, 0.2) is 10.4 Å². The number of aryl methyl sites for hydroxylation is 1. The maximum atomic E-state index is 13.0. The topological polar surface area (TPSA) is 66.8 Å². The highest BCUT2D eigenvalue weighted by molar-refractivity contribution is 8.27. The number of thiocarbonyl (C=S) groups is 1. The van der Waals surface area contributed by atoms with Gasteiger partial charge in [-0.2, -0.15) is 0 Å².